The molecule has 2 bridgehead atoms. The Kier molecular flexibility index (Phi) is 3.22. The molecule has 0 saturated heterocycles. The van der Waals surface area contributed by atoms with Crippen LogP contribution in [0.1, 0.15) is 45.6 Å². The van der Waals surface area contributed by atoms with Crippen LogP contribution in [0.4, 0.5) is 0 Å². The van der Waals surface area contributed by atoms with Crippen molar-refractivity contribution in [1.29, 1.82) is 0 Å². The van der Waals surface area contributed by atoms with Gasteiger partial charge in [-0.25, -0.2) is 0 Å². The Balaban J connectivity index is 2.00. The summed E-state index contributed by atoms with van der Waals surface area (Å²) in [5.41, 5.74) is 0.244. The second-order valence-corrected chi connectivity index (χ2v) is 8.34. The Hall–Kier alpha value is -0.240. The van der Waals surface area contributed by atoms with Crippen LogP contribution in [-0.4, -0.2) is 10.7 Å². The van der Waals surface area contributed by atoms with E-state index in [1.807, 2.05) is 12.1 Å². The highest BCUT2D eigenvalue weighted by molar-refractivity contribution is 6.35. The maximum Gasteiger partial charge on any atom is 0.0795 e. The van der Waals surface area contributed by atoms with Gasteiger partial charge in [0.1, 0.15) is 0 Å². The molecule has 1 N–H and O–H groups in total. The average Bonchev–Trinajstić information content (AvgIpc) is 2.81. The molecule has 20 heavy (non-hydrogen) atoms. The summed E-state index contributed by atoms with van der Waals surface area (Å²) in [6.07, 6.45) is 4.09. The predicted octanol–water partition coefficient (Wildman–Crippen LogP) is 5.11. The third-order valence-electron chi connectivity index (χ3n) is 6.29. The second-order valence-electron chi connectivity index (χ2n) is 7.49. The van der Waals surface area contributed by atoms with Crippen molar-refractivity contribution >= 4 is 23.2 Å². The highest BCUT2D eigenvalue weighted by Gasteiger charge is 2.68. The molecule has 2 aliphatic rings. The summed E-state index contributed by atoms with van der Waals surface area (Å²) in [4.78, 5) is 0. The van der Waals surface area contributed by atoms with Crippen LogP contribution in [0.15, 0.2) is 18.2 Å². The number of hydrogen-bond acceptors (Lipinski definition) is 1. The minimum Gasteiger partial charge on any atom is -0.388 e. The quantitative estimate of drug-likeness (QED) is 0.804. The van der Waals surface area contributed by atoms with Crippen LogP contribution in [0.5, 0.6) is 0 Å². The van der Waals surface area contributed by atoms with Crippen molar-refractivity contribution in [3.63, 3.8) is 0 Å². The number of benzene rings is 1. The first-order valence-corrected chi connectivity index (χ1v) is 8.11. The van der Waals surface area contributed by atoms with Gasteiger partial charge >= 0.3 is 0 Å². The summed E-state index contributed by atoms with van der Waals surface area (Å²) in [6.45, 7) is 6.67. The molecule has 3 atom stereocenters. The number of hydrogen-bond donors (Lipinski definition) is 1. The zero-order valence-corrected chi connectivity index (χ0v) is 13.9. The van der Waals surface area contributed by atoms with Gasteiger partial charge in [0, 0.05) is 16.5 Å². The van der Waals surface area contributed by atoms with Crippen LogP contribution in [0, 0.1) is 16.7 Å². The van der Waals surface area contributed by atoms with E-state index in [9.17, 15) is 5.11 Å². The Morgan fingerprint density at radius 1 is 1.25 bits per heavy atom. The molecular weight excluding hydrogens is 291 g/mol. The summed E-state index contributed by atoms with van der Waals surface area (Å²) in [5, 5.41) is 12.8. The standard InChI is InChI=1S/C17H22Cl2O/c1-15(2)12-6-7-16(3,10-12)17(15,20)9-11-4-5-13(18)8-14(11)19/h4-5,8,12,20H,6-7,9-10H2,1-3H3. The average molecular weight is 313 g/mol. The van der Waals surface area contributed by atoms with Crippen LogP contribution in [-0.2, 0) is 6.42 Å². The monoisotopic (exact) mass is 312 g/mol. The van der Waals surface area contributed by atoms with Gasteiger partial charge in [0.05, 0.1) is 5.60 Å². The first kappa shape index (κ1) is 14.7. The van der Waals surface area contributed by atoms with E-state index in [0.29, 0.717) is 22.4 Å². The highest BCUT2D eigenvalue weighted by Crippen LogP contribution is 2.68. The molecule has 3 heteroatoms. The van der Waals surface area contributed by atoms with Crippen molar-refractivity contribution in [3.8, 4) is 0 Å². The SMILES string of the molecule is CC12CCC(C1)C(C)(C)C2(O)Cc1ccc(Cl)cc1Cl. The van der Waals surface area contributed by atoms with Crippen molar-refractivity contribution in [3.05, 3.63) is 33.8 Å². The maximum absolute atomic E-state index is 11.5. The molecule has 0 radical (unpaired) electrons. The molecule has 2 aliphatic carbocycles. The van der Waals surface area contributed by atoms with Gasteiger partial charge in [-0.05, 0) is 53.7 Å². The van der Waals surface area contributed by atoms with Gasteiger partial charge < -0.3 is 5.11 Å². The normalized spacial score (nSPS) is 38.4. The fraction of sp³-hybridized carbons (Fsp3) is 0.647. The van der Waals surface area contributed by atoms with Gasteiger partial charge in [0.25, 0.3) is 0 Å². The molecule has 3 rings (SSSR count). The van der Waals surface area contributed by atoms with E-state index < -0.39 is 5.60 Å². The molecule has 1 nitrogen and oxygen atoms in total. The van der Waals surface area contributed by atoms with Gasteiger partial charge in [-0.3, -0.25) is 0 Å². The fourth-order valence-corrected chi connectivity index (χ4v) is 5.21. The van der Waals surface area contributed by atoms with Crippen LogP contribution < -0.4 is 0 Å². The molecule has 110 valence electrons. The van der Waals surface area contributed by atoms with Gasteiger partial charge in [-0.15, -0.1) is 0 Å². The van der Waals surface area contributed by atoms with Crippen molar-refractivity contribution < 1.29 is 5.11 Å². The maximum atomic E-state index is 11.5. The Bertz CT molecular complexity index is 547. The van der Waals surface area contributed by atoms with Crippen LogP contribution >= 0.6 is 23.2 Å². The van der Waals surface area contributed by atoms with Crippen LogP contribution in [0.3, 0.4) is 0 Å². The molecule has 0 aliphatic heterocycles. The molecule has 0 amide bonds. The lowest BCUT2D eigenvalue weighted by Gasteiger charge is -2.51. The Morgan fingerprint density at radius 3 is 2.50 bits per heavy atom. The number of halogens is 2. The van der Waals surface area contributed by atoms with Crippen molar-refractivity contribution in [1.82, 2.24) is 0 Å². The molecule has 2 fully saturated rings. The van der Waals surface area contributed by atoms with Crippen molar-refractivity contribution in [2.24, 2.45) is 16.7 Å². The largest absolute Gasteiger partial charge is 0.388 e. The van der Waals surface area contributed by atoms with Crippen molar-refractivity contribution in [2.45, 2.75) is 52.1 Å². The van der Waals surface area contributed by atoms with Gasteiger partial charge in [0.15, 0.2) is 0 Å². The minimum atomic E-state index is -0.694. The lowest BCUT2D eigenvalue weighted by Crippen LogP contribution is -2.55. The zero-order chi connectivity index (χ0) is 14.8. The lowest BCUT2D eigenvalue weighted by molar-refractivity contribution is -0.141. The highest BCUT2D eigenvalue weighted by atomic mass is 35.5. The van der Waals surface area contributed by atoms with E-state index in [2.05, 4.69) is 20.8 Å². The Morgan fingerprint density at radius 2 is 1.95 bits per heavy atom. The third kappa shape index (κ3) is 1.79. The fourth-order valence-electron chi connectivity index (χ4n) is 4.73. The summed E-state index contributed by atoms with van der Waals surface area (Å²) >= 11 is 12.3. The first-order chi connectivity index (χ1) is 9.20. The molecule has 0 spiro atoms. The van der Waals surface area contributed by atoms with Gasteiger partial charge in [-0.2, -0.15) is 0 Å². The first-order valence-electron chi connectivity index (χ1n) is 7.36. The van der Waals surface area contributed by atoms with Gasteiger partial charge in [-0.1, -0.05) is 50.0 Å². The molecular formula is C17H22Cl2O. The van der Waals surface area contributed by atoms with Crippen molar-refractivity contribution in [2.75, 3.05) is 0 Å². The molecule has 3 unspecified atom stereocenters. The Labute approximate surface area is 131 Å². The molecule has 1 aromatic rings. The number of rotatable bonds is 2. The second kappa shape index (κ2) is 4.38. The van der Waals surface area contributed by atoms with Gasteiger partial charge in [0.2, 0.25) is 0 Å². The number of aliphatic hydroxyl groups is 1. The summed E-state index contributed by atoms with van der Waals surface area (Å²) in [7, 11) is 0. The smallest absolute Gasteiger partial charge is 0.0795 e. The molecule has 0 aromatic heterocycles. The summed E-state index contributed by atoms with van der Waals surface area (Å²) in [5.74, 6) is 0.614. The van der Waals surface area contributed by atoms with Crippen LogP contribution in [0.2, 0.25) is 10.0 Å². The topological polar surface area (TPSA) is 20.2 Å². The number of fused-ring (bicyclic) bond motifs is 2. The van der Waals surface area contributed by atoms with E-state index >= 15 is 0 Å². The molecule has 0 heterocycles. The zero-order valence-electron chi connectivity index (χ0n) is 12.3. The van der Waals surface area contributed by atoms with E-state index in [-0.39, 0.29) is 10.8 Å². The van der Waals surface area contributed by atoms with E-state index in [1.165, 1.54) is 6.42 Å². The van der Waals surface area contributed by atoms with E-state index in [0.717, 1.165) is 18.4 Å². The molecule has 1 aromatic carbocycles. The minimum absolute atomic E-state index is 0.00410. The van der Waals surface area contributed by atoms with Crippen LogP contribution in [0.25, 0.3) is 0 Å². The third-order valence-corrected chi connectivity index (χ3v) is 6.87. The summed E-state index contributed by atoms with van der Waals surface area (Å²) in [6, 6.07) is 5.58. The summed E-state index contributed by atoms with van der Waals surface area (Å²) < 4.78 is 0. The predicted molar refractivity (Wildman–Crippen MR) is 84.3 cm³/mol. The van der Waals surface area contributed by atoms with E-state index in [1.54, 1.807) is 6.07 Å². The molecule has 2 saturated carbocycles. The van der Waals surface area contributed by atoms with E-state index in [4.69, 9.17) is 23.2 Å². The lowest BCUT2D eigenvalue weighted by atomic mass is 9.58.